The van der Waals surface area contributed by atoms with E-state index in [-0.39, 0.29) is 52.4 Å². The van der Waals surface area contributed by atoms with E-state index in [1.807, 2.05) is 35.9 Å². The molecular formula is C39H50ClFN4O7. The first-order chi connectivity index (χ1) is 25.1. The quantitative estimate of drug-likeness (QED) is 0.153. The van der Waals surface area contributed by atoms with Crippen LogP contribution >= 0.6 is 11.6 Å². The van der Waals surface area contributed by atoms with Gasteiger partial charge < -0.3 is 28.8 Å². The van der Waals surface area contributed by atoms with Crippen molar-refractivity contribution < 1.29 is 37.7 Å². The Bertz CT molecular complexity index is 1750. The fourth-order valence-corrected chi connectivity index (χ4v) is 8.52. The van der Waals surface area contributed by atoms with E-state index in [0.717, 1.165) is 30.2 Å². The highest BCUT2D eigenvalue weighted by atomic mass is 35.5. The Kier molecular flexibility index (Phi) is 12.3. The Hall–Kier alpha value is -3.39. The van der Waals surface area contributed by atoms with E-state index in [2.05, 4.69) is 15.1 Å². The summed E-state index contributed by atoms with van der Waals surface area (Å²) in [6.07, 6.45) is 5.59. The largest absolute Gasteiger partial charge is 0.466 e. The number of carbonyl (C=O) groups excluding carboxylic acids is 3. The molecule has 0 spiro atoms. The van der Waals surface area contributed by atoms with E-state index >= 15 is 4.39 Å². The van der Waals surface area contributed by atoms with E-state index < -0.39 is 23.9 Å². The molecule has 3 heterocycles. The van der Waals surface area contributed by atoms with Crippen molar-refractivity contribution in [3.05, 3.63) is 64.6 Å². The predicted molar refractivity (Wildman–Crippen MR) is 195 cm³/mol. The van der Waals surface area contributed by atoms with Gasteiger partial charge in [-0.3, -0.25) is 24.2 Å². The summed E-state index contributed by atoms with van der Waals surface area (Å²) in [5.41, 5.74) is 1.55. The smallest absolute Gasteiger partial charge is 0.308 e. The molecule has 0 radical (unpaired) electrons. The van der Waals surface area contributed by atoms with Crippen LogP contribution < -0.4 is 5.32 Å². The zero-order valence-corrected chi connectivity index (χ0v) is 31.3. The molecule has 3 aromatic rings. The molecule has 1 aliphatic carbocycles. The summed E-state index contributed by atoms with van der Waals surface area (Å²) >= 11 is 6.70. The lowest BCUT2D eigenvalue weighted by Crippen LogP contribution is -2.67. The third kappa shape index (κ3) is 7.78. The van der Waals surface area contributed by atoms with Gasteiger partial charge in [0, 0.05) is 76.9 Å². The number of likely N-dealkylation sites (tertiary alicyclic amines) is 2. The third-order valence-electron chi connectivity index (χ3n) is 10.9. The number of fused-ring (bicyclic) bond motifs is 1. The summed E-state index contributed by atoms with van der Waals surface area (Å²) < 4.78 is 41.5. The molecule has 2 aliphatic heterocycles. The molecule has 2 atom stereocenters. The monoisotopic (exact) mass is 740 g/mol. The molecule has 3 fully saturated rings. The maximum atomic E-state index is 16.0. The van der Waals surface area contributed by atoms with Gasteiger partial charge >= 0.3 is 5.97 Å². The minimum atomic E-state index is -1.47. The minimum Gasteiger partial charge on any atom is -0.466 e. The molecule has 52 heavy (non-hydrogen) atoms. The van der Waals surface area contributed by atoms with Crippen LogP contribution in [0.4, 0.5) is 10.1 Å². The SMILES string of the molecule is CCOC(=O)[C@H]1CC[C@H](OC(C(=O)Cc2cc(Cl)c(NC(=O)c3cn(C)c4ccccc34)cc2F)(N2CCCC2)N2CC[C@H](C(OC)OC)C2)CC1. The molecule has 11 nitrogen and oxygen atoms in total. The van der Waals surface area contributed by atoms with Gasteiger partial charge in [0.05, 0.1) is 34.9 Å². The number of hydrogen-bond donors (Lipinski definition) is 1. The van der Waals surface area contributed by atoms with Gasteiger partial charge in [-0.1, -0.05) is 29.8 Å². The van der Waals surface area contributed by atoms with Gasteiger partial charge in [0.25, 0.3) is 5.91 Å². The lowest BCUT2D eigenvalue weighted by molar-refractivity contribution is -0.254. The number of ketones is 1. The number of aryl methyl sites for hydroxylation is 1. The molecule has 1 aromatic heterocycles. The number of ether oxygens (including phenoxy) is 4. The molecule has 2 saturated heterocycles. The first-order valence-corrected chi connectivity index (χ1v) is 18.7. The number of nitrogens with one attached hydrogen (secondary N) is 1. The summed E-state index contributed by atoms with van der Waals surface area (Å²) in [4.78, 5) is 45.0. The Morgan fingerprint density at radius 1 is 1.00 bits per heavy atom. The van der Waals surface area contributed by atoms with Crippen LogP contribution in [0.25, 0.3) is 10.9 Å². The molecule has 3 aliphatic rings. The fourth-order valence-electron chi connectivity index (χ4n) is 8.28. The van der Waals surface area contributed by atoms with Crippen molar-refractivity contribution in [2.24, 2.45) is 18.9 Å². The lowest BCUT2D eigenvalue weighted by Gasteiger charge is -2.48. The van der Waals surface area contributed by atoms with Crippen molar-refractivity contribution >= 4 is 45.9 Å². The van der Waals surface area contributed by atoms with Gasteiger partial charge in [0.2, 0.25) is 5.85 Å². The van der Waals surface area contributed by atoms with Crippen LogP contribution in [0, 0.1) is 17.7 Å². The first kappa shape index (κ1) is 38.3. The van der Waals surface area contributed by atoms with Crippen LogP contribution in [0.2, 0.25) is 5.02 Å². The van der Waals surface area contributed by atoms with Crippen LogP contribution in [-0.2, 0) is 42.0 Å². The molecule has 6 rings (SSSR count). The number of anilines is 1. The van der Waals surface area contributed by atoms with E-state index in [1.54, 1.807) is 27.3 Å². The van der Waals surface area contributed by atoms with E-state index in [1.165, 1.54) is 12.1 Å². The fraction of sp³-hybridized carbons (Fsp3) is 0.564. The first-order valence-electron chi connectivity index (χ1n) is 18.4. The summed E-state index contributed by atoms with van der Waals surface area (Å²) in [5.74, 6) is -3.25. The summed E-state index contributed by atoms with van der Waals surface area (Å²) in [5, 5.41) is 3.65. The van der Waals surface area contributed by atoms with E-state index in [0.29, 0.717) is 64.0 Å². The van der Waals surface area contributed by atoms with Crippen molar-refractivity contribution in [3.63, 3.8) is 0 Å². The minimum absolute atomic E-state index is 0.0104. The van der Waals surface area contributed by atoms with Crippen LogP contribution in [0.15, 0.2) is 42.6 Å². The Morgan fingerprint density at radius 3 is 2.40 bits per heavy atom. The normalized spacial score (nSPS) is 22.6. The van der Waals surface area contributed by atoms with Crippen molar-refractivity contribution in [1.29, 1.82) is 0 Å². The van der Waals surface area contributed by atoms with Crippen molar-refractivity contribution in [2.75, 3.05) is 52.3 Å². The lowest BCUT2D eigenvalue weighted by atomic mass is 9.87. The van der Waals surface area contributed by atoms with Gasteiger partial charge in [0.1, 0.15) is 5.82 Å². The van der Waals surface area contributed by atoms with Gasteiger partial charge in [-0.05, 0) is 75.6 Å². The van der Waals surface area contributed by atoms with Gasteiger partial charge in [-0.15, -0.1) is 0 Å². The van der Waals surface area contributed by atoms with Crippen molar-refractivity contribution in [2.45, 2.75) is 76.5 Å². The standard InChI is InChI=1S/C39H50ClFN4O7/c1-5-51-37(48)25-12-14-28(15-13-25)52-39(44-17-8-9-18-44,45-19-16-26(23-45)38(49-3)50-4)35(46)21-27-20-31(40)33(22-32(27)41)42-36(47)30-24-43(2)34-11-7-6-10-29(30)34/h6-7,10-11,20,22,24-26,28,38H,5,8-9,12-19,21,23H2,1-4H3,(H,42,47)/t25-,26-,28-,39?/m0/s1. The van der Waals surface area contributed by atoms with Crippen molar-refractivity contribution in [3.8, 4) is 0 Å². The second kappa shape index (κ2) is 16.7. The zero-order chi connectivity index (χ0) is 37.0. The van der Waals surface area contributed by atoms with Gasteiger partial charge in [0.15, 0.2) is 12.1 Å². The van der Waals surface area contributed by atoms with Crippen LogP contribution in [0.3, 0.4) is 0 Å². The molecule has 1 unspecified atom stereocenters. The van der Waals surface area contributed by atoms with Gasteiger partial charge in [-0.25, -0.2) is 4.39 Å². The second-order valence-electron chi connectivity index (χ2n) is 14.1. The maximum Gasteiger partial charge on any atom is 0.308 e. The summed E-state index contributed by atoms with van der Waals surface area (Å²) in [7, 11) is 5.07. The maximum absolute atomic E-state index is 16.0. The molecule has 1 amide bonds. The number of aromatic nitrogens is 1. The molecular weight excluding hydrogens is 691 g/mol. The van der Waals surface area contributed by atoms with Crippen LogP contribution in [0.1, 0.15) is 67.8 Å². The van der Waals surface area contributed by atoms with Gasteiger partial charge in [-0.2, -0.15) is 0 Å². The second-order valence-corrected chi connectivity index (χ2v) is 14.5. The number of nitrogens with zero attached hydrogens (tertiary/aromatic N) is 3. The molecule has 1 saturated carbocycles. The number of Topliss-reactive ketones (excluding diaryl/α,β-unsaturated/α-hetero) is 1. The third-order valence-corrected chi connectivity index (χ3v) is 11.2. The predicted octanol–water partition coefficient (Wildman–Crippen LogP) is 6.16. The molecule has 0 bridgehead atoms. The number of rotatable bonds is 14. The van der Waals surface area contributed by atoms with Crippen LogP contribution in [-0.4, -0.2) is 97.3 Å². The number of methoxy groups -OCH3 is 2. The average molecular weight is 741 g/mol. The average Bonchev–Trinajstić information content (AvgIpc) is 3.92. The number of carbonyl (C=O) groups is 3. The Morgan fingerprint density at radius 2 is 1.71 bits per heavy atom. The Labute approximate surface area is 309 Å². The summed E-state index contributed by atoms with van der Waals surface area (Å²) in [6, 6.07) is 10.1. The summed E-state index contributed by atoms with van der Waals surface area (Å²) in [6.45, 7) is 4.46. The number of benzene rings is 2. The van der Waals surface area contributed by atoms with Crippen molar-refractivity contribution in [1.82, 2.24) is 14.4 Å². The van der Waals surface area contributed by atoms with E-state index in [4.69, 9.17) is 30.5 Å². The number of hydrogen-bond acceptors (Lipinski definition) is 9. The molecule has 1 N–H and O–H groups in total. The highest BCUT2D eigenvalue weighted by molar-refractivity contribution is 6.34. The number of halogens is 2. The zero-order valence-electron chi connectivity index (χ0n) is 30.5. The van der Waals surface area contributed by atoms with E-state index in [9.17, 15) is 14.4 Å². The number of amides is 1. The highest BCUT2D eigenvalue weighted by Gasteiger charge is 2.55. The number of esters is 1. The van der Waals surface area contributed by atoms with Crippen LogP contribution in [0.5, 0.6) is 0 Å². The Balaban J connectivity index is 1.28. The molecule has 13 heteroatoms. The molecule has 2 aromatic carbocycles. The number of para-hydroxylation sites is 1. The molecule has 282 valence electrons. The highest BCUT2D eigenvalue weighted by Crippen LogP contribution is 2.40. The topological polar surface area (TPSA) is 112 Å².